The molecule has 1 aromatic rings. The van der Waals surface area contributed by atoms with E-state index in [0.717, 1.165) is 16.0 Å². The van der Waals surface area contributed by atoms with Gasteiger partial charge >= 0.3 is 17.1 Å². The first-order valence-corrected chi connectivity index (χ1v) is 10.8. The van der Waals surface area contributed by atoms with Crippen LogP contribution in [0, 0.1) is 63.7 Å². The van der Waals surface area contributed by atoms with Gasteiger partial charge in [0.1, 0.15) is 0 Å². The van der Waals surface area contributed by atoms with Crippen molar-refractivity contribution < 1.29 is 17.1 Å². The summed E-state index contributed by atoms with van der Waals surface area (Å²) in [5.74, 6) is 1.28. The van der Waals surface area contributed by atoms with Gasteiger partial charge in [-0.1, -0.05) is 72.1 Å². The zero-order valence-electron chi connectivity index (χ0n) is 13.1. The predicted octanol–water partition coefficient (Wildman–Crippen LogP) is 5.88. The van der Waals surface area contributed by atoms with Gasteiger partial charge in [0.05, 0.1) is 0 Å². The van der Waals surface area contributed by atoms with Crippen molar-refractivity contribution >= 4 is 47.8 Å². The quantitative estimate of drug-likeness (QED) is 0.315. The molecule has 0 aliphatic heterocycles. The van der Waals surface area contributed by atoms with E-state index < -0.39 is 0 Å². The summed E-state index contributed by atoms with van der Waals surface area (Å²) in [6, 6.07) is 8.86. The third kappa shape index (κ3) is 6.41. The van der Waals surface area contributed by atoms with Gasteiger partial charge in [-0.3, -0.25) is 0 Å². The number of alkyl halides is 3. The minimum absolute atomic E-state index is 0. The Labute approximate surface area is 184 Å². The Kier molecular flexibility index (Phi) is 12.1. The van der Waals surface area contributed by atoms with Crippen molar-refractivity contribution in [3.63, 3.8) is 0 Å². The van der Waals surface area contributed by atoms with Crippen LogP contribution in [0.25, 0.3) is 0 Å². The van der Waals surface area contributed by atoms with Gasteiger partial charge in [-0.2, -0.15) is 0 Å². The first kappa shape index (κ1) is 23.2. The second-order valence-electron chi connectivity index (χ2n) is 5.39. The molecule has 1 aromatic carbocycles. The molecule has 0 amide bonds. The topological polar surface area (TPSA) is 0 Å². The Morgan fingerprint density at radius 2 is 1.04 bits per heavy atom. The SMILES string of the molecule is BrCC(CBr)(CBr)c1ccc([C]2[CH][CH][CH][CH]2)cc1.[CH]1[CH][CH][CH][CH]1.[Fe+2]. The van der Waals surface area contributed by atoms with Crippen LogP contribution in [0.15, 0.2) is 24.3 Å². The van der Waals surface area contributed by atoms with E-state index in [-0.39, 0.29) is 22.5 Å². The van der Waals surface area contributed by atoms with Crippen LogP contribution >= 0.6 is 47.8 Å². The van der Waals surface area contributed by atoms with Gasteiger partial charge in [0, 0.05) is 27.3 Å². The average Bonchev–Trinajstić information content (AvgIpc) is 3.34. The first-order chi connectivity index (χ1) is 11.3. The van der Waals surface area contributed by atoms with E-state index in [2.05, 4.69) is 97.7 Å². The molecule has 0 atom stereocenters. The fourth-order valence-electron chi connectivity index (χ4n) is 2.24. The third-order valence-corrected chi connectivity index (χ3v) is 7.04. The van der Waals surface area contributed by atoms with Crippen LogP contribution in [0.5, 0.6) is 0 Å². The van der Waals surface area contributed by atoms with Crippen LogP contribution in [0.3, 0.4) is 0 Å². The molecule has 0 bridgehead atoms. The van der Waals surface area contributed by atoms with Crippen molar-refractivity contribution in [3.05, 3.63) is 99.1 Å². The second kappa shape index (κ2) is 12.5. The largest absolute Gasteiger partial charge is 2.00 e. The summed E-state index contributed by atoms with van der Waals surface area (Å²) in [5, 5.41) is 2.81. The van der Waals surface area contributed by atoms with Crippen molar-refractivity contribution in [1.29, 1.82) is 0 Å². The molecule has 3 rings (SSSR count). The monoisotopic (exact) mass is 552 g/mol. The fourth-order valence-corrected chi connectivity index (χ4v) is 6.00. The number of rotatable bonds is 5. The maximum atomic E-state index is 3.63. The Morgan fingerprint density at radius 1 is 0.625 bits per heavy atom. The van der Waals surface area contributed by atoms with Gasteiger partial charge in [-0.15, -0.1) is 0 Å². The molecule has 0 heterocycles. The van der Waals surface area contributed by atoms with E-state index in [1.54, 1.807) is 0 Å². The van der Waals surface area contributed by atoms with Gasteiger partial charge in [-0.25, -0.2) is 0 Å². The molecule has 126 valence electrons. The molecule has 0 unspecified atom stereocenters. The minimum atomic E-state index is 0. The number of benzene rings is 1. The first-order valence-electron chi connectivity index (χ1n) is 7.43. The molecule has 24 heavy (non-hydrogen) atoms. The van der Waals surface area contributed by atoms with Crippen LogP contribution in [0.1, 0.15) is 11.1 Å². The smallest absolute Gasteiger partial charge is 0.0918 e. The van der Waals surface area contributed by atoms with Crippen molar-refractivity contribution in [2.75, 3.05) is 16.0 Å². The normalized spacial score (nSPS) is 18.0. The molecule has 2 aliphatic carbocycles. The molecule has 2 fully saturated rings. The fraction of sp³-hybridized carbons (Fsp3) is 0.200. The van der Waals surface area contributed by atoms with Gasteiger partial charge < -0.3 is 0 Å². The summed E-state index contributed by atoms with van der Waals surface area (Å²) in [5.41, 5.74) is 2.74. The van der Waals surface area contributed by atoms with E-state index in [4.69, 9.17) is 0 Å². The molecule has 0 N–H and O–H groups in total. The molecule has 4 heteroatoms. The summed E-state index contributed by atoms with van der Waals surface area (Å²) in [7, 11) is 0. The number of hydrogen-bond acceptors (Lipinski definition) is 0. The average molecular weight is 555 g/mol. The molecule has 0 saturated heterocycles. The van der Waals surface area contributed by atoms with Crippen LogP contribution in [-0.4, -0.2) is 16.0 Å². The van der Waals surface area contributed by atoms with Gasteiger partial charge in [-0.05, 0) is 68.9 Å². The van der Waals surface area contributed by atoms with Crippen molar-refractivity contribution in [1.82, 2.24) is 0 Å². The van der Waals surface area contributed by atoms with Crippen molar-refractivity contribution in [3.8, 4) is 0 Å². The summed E-state index contributed by atoms with van der Waals surface area (Å²) < 4.78 is 0. The Hall–Kier alpha value is 1.18. The maximum Gasteiger partial charge on any atom is 2.00 e. The van der Waals surface area contributed by atoms with Crippen LogP contribution in [0.2, 0.25) is 0 Å². The Morgan fingerprint density at radius 3 is 1.42 bits per heavy atom. The van der Waals surface area contributed by atoms with E-state index in [0.29, 0.717) is 0 Å². The molecule has 0 spiro atoms. The number of halogens is 3. The predicted molar refractivity (Wildman–Crippen MR) is 111 cm³/mol. The van der Waals surface area contributed by atoms with Crippen molar-refractivity contribution in [2.24, 2.45) is 0 Å². The summed E-state index contributed by atoms with van der Waals surface area (Å²) in [6.07, 6.45) is 18.4. The molecular formula is C20H19Br3Fe+2. The van der Waals surface area contributed by atoms with Crippen LogP contribution in [0.4, 0.5) is 0 Å². The Bertz CT molecular complexity index is 417. The van der Waals surface area contributed by atoms with E-state index >= 15 is 0 Å². The van der Waals surface area contributed by atoms with Gasteiger partial charge in [0.15, 0.2) is 0 Å². The molecule has 2 saturated carbocycles. The molecule has 0 nitrogen and oxygen atoms in total. The summed E-state index contributed by atoms with van der Waals surface area (Å²) in [6.45, 7) is 0. The van der Waals surface area contributed by atoms with Crippen molar-refractivity contribution in [2.45, 2.75) is 5.41 Å². The van der Waals surface area contributed by atoms with E-state index in [1.165, 1.54) is 17.0 Å². The zero-order chi connectivity index (χ0) is 16.5. The van der Waals surface area contributed by atoms with E-state index in [9.17, 15) is 0 Å². The summed E-state index contributed by atoms with van der Waals surface area (Å²) >= 11 is 10.9. The number of hydrogen-bond donors (Lipinski definition) is 0. The molecule has 10 radical (unpaired) electrons. The Balaban J connectivity index is 0.000000412. The zero-order valence-corrected chi connectivity index (χ0v) is 19.0. The van der Waals surface area contributed by atoms with Gasteiger partial charge in [0.25, 0.3) is 0 Å². The minimum Gasteiger partial charge on any atom is -0.0918 e. The maximum absolute atomic E-state index is 3.63. The molecule has 2 aliphatic rings. The molecule has 0 aromatic heterocycles. The molecular weight excluding hydrogens is 536 g/mol. The van der Waals surface area contributed by atoms with Gasteiger partial charge in [0.2, 0.25) is 0 Å². The third-order valence-electron chi connectivity index (χ3n) is 3.82. The standard InChI is InChI=1S/C15H14Br3.C5H5.Fe/c16-9-15(10-17,11-18)14-7-5-13(6-8-14)12-3-1-2-4-12;1-2-4-5-3-1;/h1-8H,9-11H2;1-5H;/q;;+2. The van der Waals surface area contributed by atoms with Crippen LogP contribution < -0.4 is 0 Å². The second-order valence-corrected chi connectivity index (χ2v) is 7.08. The van der Waals surface area contributed by atoms with E-state index in [1.807, 2.05) is 32.1 Å². The van der Waals surface area contributed by atoms with Crippen LogP contribution in [-0.2, 0) is 22.5 Å². The summed E-state index contributed by atoms with van der Waals surface area (Å²) in [4.78, 5) is 0.